The summed E-state index contributed by atoms with van der Waals surface area (Å²) in [6.07, 6.45) is 2.01. The maximum Gasteiger partial charge on any atom is 0.206 e. The van der Waals surface area contributed by atoms with Crippen molar-refractivity contribution >= 4 is 17.3 Å². The molecular formula is C13H24N4OS. The molecule has 0 atom stereocenters. The van der Waals surface area contributed by atoms with Gasteiger partial charge in [0.25, 0.3) is 0 Å². The van der Waals surface area contributed by atoms with E-state index in [4.69, 9.17) is 10.6 Å². The van der Waals surface area contributed by atoms with Gasteiger partial charge in [-0.25, -0.2) is 10.8 Å². The first-order valence-corrected chi connectivity index (χ1v) is 7.52. The fraction of sp³-hybridized carbons (Fsp3) is 0.615. The van der Waals surface area contributed by atoms with Crippen LogP contribution in [0.5, 0.6) is 0 Å². The van der Waals surface area contributed by atoms with Crippen LogP contribution in [-0.4, -0.2) is 25.7 Å². The fourth-order valence-corrected chi connectivity index (χ4v) is 2.41. The first kappa shape index (κ1) is 15.9. The number of rotatable bonds is 8. The molecule has 0 spiro atoms. The van der Waals surface area contributed by atoms with Crippen LogP contribution in [0.15, 0.2) is 17.1 Å². The van der Waals surface area contributed by atoms with Crippen LogP contribution < -0.4 is 16.6 Å². The molecule has 4 N–H and O–H groups in total. The van der Waals surface area contributed by atoms with Crippen LogP contribution in [0.1, 0.15) is 30.0 Å². The van der Waals surface area contributed by atoms with Gasteiger partial charge in [0.15, 0.2) is 0 Å². The van der Waals surface area contributed by atoms with Crippen LogP contribution in [0.2, 0.25) is 0 Å². The number of aliphatic imine (C=N–C) groups is 1. The van der Waals surface area contributed by atoms with Crippen LogP contribution in [0.25, 0.3) is 0 Å². The highest BCUT2D eigenvalue weighted by Crippen LogP contribution is 2.17. The Morgan fingerprint density at radius 1 is 1.37 bits per heavy atom. The first-order valence-electron chi connectivity index (χ1n) is 6.70. The lowest BCUT2D eigenvalue weighted by Crippen LogP contribution is -2.42. The minimum atomic E-state index is 0.628. The number of nitrogens with two attached hydrogens (primary N) is 1. The van der Waals surface area contributed by atoms with Gasteiger partial charge in [-0.05, 0) is 31.9 Å². The molecule has 0 saturated heterocycles. The molecule has 0 amide bonds. The summed E-state index contributed by atoms with van der Waals surface area (Å²) in [6.45, 7) is 7.12. The average molecular weight is 284 g/mol. The summed E-state index contributed by atoms with van der Waals surface area (Å²) in [5.74, 6) is 6.07. The van der Waals surface area contributed by atoms with Crippen LogP contribution in [0.3, 0.4) is 0 Å². The van der Waals surface area contributed by atoms with Crippen molar-refractivity contribution in [2.75, 3.05) is 19.8 Å². The first-order chi connectivity index (χ1) is 9.30. The quantitative estimate of drug-likeness (QED) is 0.223. The summed E-state index contributed by atoms with van der Waals surface area (Å²) in [5, 5.41) is 3.16. The molecule has 0 unspecified atom stereocenters. The zero-order valence-electron chi connectivity index (χ0n) is 11.7. The van der Waals surface area contributed by atoms with Gasteiger partial charge in [-0.2, -0.15) is 0 Å². The number of thiophene rings is 1. The van der Waals surface area contributed by atoms with Crippen LogP contribution in [0.4, 0.5) is 0 Å². The van der Waals surface area contributed by atoms with Gasteiger partial charge in [0.1, 0.15) is 0 Å². The van der Waals surface area contributed by atoms with Crippen LogP contribution >= 0.6 is 11.3 Å². The van der Waals surface area contributed by atoms with Crippen molar-refractivity contribution in [2.24, 2.45) is 10.8 Å². The zero-order valence-corrected chi connectivity index (χ0v) is 12.6. The molecule has 0 aliphatic carbocycles. The van der Waals surface area contributed by atoms with Crippen molar-refractivity contribution in [3.05, 3.63) is 21.9 Å². The third-order valence-electron chi connectivity index (χ3n) is 2.56. The Morgan fingerprint density at radius 2 is 2.16 bits per heavy atom. The van der Waals surface area contributed by atoms with Gasteiger partial charge in [-0.3, -0.25) is 5.43 Å². The molecule has 0 saturated carbocycles. The molecular weight excluding hydrogens is 260 g/mol. The predicted molar refractivity (Wildman–Crippen MR) is 81.3 cm³/mol. The standard InChI is InChI=1S/C13H24N4OS/c1-3-11-6-7-12(19-11)10-16-13(17-14)15-8-5-9-18-4-2/h6-7H,3-5,8-10,14H2,1-2H3,(H2,15,16,17). The molecule has 108 valence electrons. The Hall–Kier alpha value is -1.11. The van der Waals surface area contributed by atoms with E-state index in [0.29, 0.717) is 12.5 Å². The topological polar surface area (TPSA) is 71.7 Å². The number of hydrogen-bond acceptors (Lipinski definition) is 4. The van der Waals surface area contributed by atoms with E-state index in [9.17, 15) is 0 Å². The number of aryl methyl sites for hydroxylation is 1. The van der Waals surface area contributed by atoms with Crippen molar-refractivity contribution in [1.29, 1.82) is 0 Å². The highest BCUT2D eigenvalue weighted by atomic mass is 32.1. The monoisotopic (exact) mass is 284 g/mol. The molecule has 1 aromatic rings. The van der Waals surface area contributed by atoms with Gasteiger partial charge >= 0.3 is 0 Å². The summed E-state index contributed by atoms with van der Waals surface area (Å²) in [5.41, 5.74) is 2.59. The van der Waals surface area contributed by atoms with Gasteiger partial charge in [0.05, 0.1) is 6.54 Å². The third-order valence-corrected chi connectivity index (χ3v) is 3.77. The van der Waals surface area contributed by atoms with Crippen molar-refractivity contribution in [2.45, 2.75) is 33.2 Å². The van der Waals surface area contributed by atoms with Crippen LogP contribution in [0, 0.1) is 0 Å². The maximum absolute atomic E-state index is 5.44. The van der Waals surface area contributed by atoms with Gasteiger partial charge in [-0.15, -0.1) is 11.3 Å². The summed E-state index contributed by atoms with van der Waals surface area (Å²) in [6, 6.07) is 4.27. The molecule has 0 aliphatic heterocycles. The molecule has 0 fully saturated rings. The SMILES string of the molecule is CCOCCCNC(=NCc1ccc(CC)s1)NN. The van der Waals surface area contributed by atoms with Gasteiger partial charge in [-0.1, -0.05) is 6.92 Å². The highest BCUT2D eigenvalue weighted by molar-refractivity contribution is 7.11. The van der Waals surface area contributed by atoms with E-state index in [1.54, 1.807) is 11.3 Å². The van der Waals surface area contributed by atoms with Gasteiger partial charge < -0.3 is 10.1 Å². The second kappa shape index (κ2) is 9.77. The molecule has 19 heavy (non-hydrogen) atoms. The lowest BCUT2D eigenvalue weighted by molar-refractivity contribution is 0.145. The number of hydrogen-bond donors (Lipinski definition) is 3. The number of nitrogens with zero attached hydrogens (tertiary/aromatic N) is 1. The van der Waals surface area contributed by atoms with Crippen molar-refractivity contribution in [1.82, 2.24) is 10.7 Å². The lowest BCUT2D eigenvalue weighted by Gasteiger charge is -2.08. The van der Waals surface area contributed by atoms with Crippen molar-refractivity contribution in [3.63, 3.8) is 0 Å². The lowest BCUT2D eigenvalue weighted by atomic mass is 10.4. The number of guanidine groups is 1. The molecule has 0 radical (unpaired) electrons. The largest absolute Gasteiger partial charge is 0.382 e. The summed E-state index contributed by atoms with van der Waals surface area (Å²) in [4.78, 5) is 7.05. The van der Waals surface area contributed by atoms with E-state index in [2.05, 4.69) is 34.8 Å². The van der Waals surface area contributed by atoms with Gasteiger partial charge in [0.2, 0.25) is 5.96 Å². The Balaban J connectivity index is 2.30. The molecule has 0 aliphatic rings. The van der Waals surface area contributed by atoms with E-state index in [1.807, 2.05) is 6.92 Å². The summed E-state index contributed by atoms with van der Waals surface area (Å²) < 4.78 is 5.26. The van der Waals surface area contributed by atoms with Crippen LogP contribution in [-0.2, 0) is 17.7 Å². The Kier molecular flexibility index (Phi) is 8.20. The van der Waals surface area contributed by atoms with E-state index >= 15 is 0 Å². The maximum atomic E-state index is 5.44. The normalized spacial score (nSPS) is 11.6. The van der Waals surface area contributed by atoms with E-state index < -0.39 is 0 Å². The van der Waals surface area contributed by atoms with Crippen molar-refractivity contribution < 1.29 is 4.74 Å². The Bertz CT molecular complexity index is 378. The van der Waals surface area contributed by atoms with E-state index in [1.165, 1.54) is 9.75 Å². The van der Waals surface area contributed by atoms with Gasteiger partial charge in [0, 0.05) is 29.5 Å². The zero-order chi connectivity index (χ0) is 13.9. The molecule has 1 heterocycles. The molecule has 0 aromatic carbocycles. The third kappa shape index (κ3) is 6.56. The molecule has 1 aromatic heterocycles. The molecule has 1 rings (SSSR count). The minimum Gasteiger partial charge on any atom is -0.382 e. The molecule has 6 heteroatoms. The number of hydrazine groups is 1. The van der Waals surface area contributed by atoms with E-state index in [-0.39, 0.29) is 0 Å². The summed E-state index contributed by atoms with van der Waals surface area (Å²) in [7, 11) is 0. The Labute approximate surface area is 119 Å². The fourth-order valence-electron chi connectivity index (χ4n) is 1.53. The number of nitrogens with one attached hydrogen (secondary N) is 2. The molecule has 0 bridgehead atoms. The summed E-state index contributed by atoms with van der Waals surface area (Å²) >= 11 is 1.80. The average Bonchev–Trinajstić information content (AvgIpc) is 2.90. The van der Waals surface area contributed by atoms with E-state index in [0.717, 1.165) is 32.6 Å². The highest BCUT2D eigenvalue weighted by Gasteiger charge is 1.99. The predicted octanol–water partition coefficient (Wildman–Crippen LogP) is 1.65. The second-order valence-electron chi connectivity index (χ2n) is 4.01. The number of ether oxygens (including phenoxy) is 1. The second-order valence-corrected chi connectivity index (χ2v) is 5.26. The minimum absolute atomic E-state index is 0.628. The Morgan fingerprint density at radius 3 is 2.79 bits per heavy atom. The molecule has 5 nitrogen and oxygen atoms in total. The smallest absolute Gasteiger partial charge is 0.206 e. The van der Waals surface area contributed by atoms with Crippen molar-refractivity contribution in [3.8, 4) is 0 Å².